The highest BCUT2D eigenvalue weighted by molar-refractivity contribution is 5.91. The fraction of sp³-hybridized carbons (Fsp3) is 0.692. The van der Waals surface area contributed by atoms with Gasteiger partial charge in [0.2, 0.25) is 5.91 Å². The molecule has 0 aliphatic carbocycles. The van der Waals surface area contributed by atoms with Crippen LogP contribution in [0.3, 0.4) is 0 Å². The normalized spacial score (nSPS) is 17.6. The Hall–Kier alpha value is -1.40. The summed E-state index contributed by atoms with van der Waals surface area (Å²) in [6, 6.07) is 1.72. The molecule has 1 aromatic heterocycles. The van der Waals surface area contributed by atoms with Crippen molar-refractivity contribution in [2.24, 2.45) is 5.92 Å². The number of aryl methyl sites for hydroxylation is 1. The molecule has 6 heteroatoms. The molecule has 0 radical (unpaired) electrons. The third-order valence-electron chi connectivity index (χ3n) is 3.47. The predicted octanol–water partition coefficient (Wildman–Crippen LogP) is 1.02. The molecule has 0 unspecified atom stereocenters. The molecule has 0 saturated carbocycles. The lowest BCUT2D eigenvalue weighted by molar-refractivity contribution is -0.121. The van der Waals surface area contributed by atoms with Crippen LogP contribution in [-0.4, -0.2) is 47.3 Å². The van der Waals surface area contributed by atoms with Gasteiger partial charge in [0, 0.05) is 25.1 Å². The van der Waals surface area contributed by atoms with Gasteiger partial charge in [-0.2, -0.15) is 0 Å². The molecule has 1 saturated heterocycles. The Morgan fingerprint density at radius 3 is 2.89 bits per heavy atom. The van der Waals surface area contributed by atoms with E-state index >= 15 is 0 Å². The number of rotatable bonds is 5. The molecule has 0 atom stereocenters. The van der Waals surface area contributed by atoms with Gasteiger partial charge in [0.25, 0.3) is 0 Å². The van der Waals surface area contributed by atoms with E-state index in [4.69, 9.17) is 9.63 Å². The molecule has 1 aliphatic heterocycles. The molecular weight excluding hydrogens is 246 g/mol. The van der Waals surface area contributed by atoms with Crippen LogP contribution in [0.2, 0.25) is 0 Å². The fourth-order valence-corrected chi connectivity index (χ4v) is 2.37. The number of amides is 1. The number of nitrogens with one attached hydrogen (secondary N) is 1. The van der Waals surface area contributed by atoms with E-state index in [1.54, 1.807) is 13.0 Å². The smallest absolute Gasteiger partial charge is 0.228 e. The lowest BCUT2D eigenvalue weighted by Crippen LogP contribution is -2.38. The molecule has 2 rings (SSSR count). The number of hydrogen-bond acceptors (Lipinski definition) is 5. The average Bonchev–Trinajstić information content (AvgIpc) is 2.82. The van der Waals surface area contributed by atoms with Crippen LogP contribution in [0.5, 0.6) is 0 Å². The van der Waals surface area contributed by atoms with Crippen molar-refractivity contribution >= 4 is 11.7 Å². The van der Waals surface area contributed by atoms with E-state index in [-0.39, 0.29) is 18.4 Å². The molecule has 2 N–H and O–H groups in total. The van der Waals surface area contributed by atoms with Crippen molar-refractivity contribution in [3.05, 3.63) is 11.8 Å². The molecule has 2 heterocycles. The molecule has 106 valence electrons. The average molecular weight is 267 g/mol. The van der Waals surface area contributed by atoms with Gasteiger partial charge >= 0.3 is 0 Å². The molecule has 1 aromatic rings. The van der Waals surface area contributed by atoms with Crippen LogP contribution in [0.25, 0.3) is 0 Å². The van der Waals surface area contributed by atoms with Crippen molar-refractivity contribution in [1.82, 2.24) is 10.1 Å². The summed E-state index contributed by atoms with van der Waals surface area (Å²) in [4.78, 5) is 14.3. The number of carbonyl (C=O) groups is 1. The van der Waals surface area contributed by atoms with Crippen LogP contribution in [0.15, 0.2) is 10.6 Å². The minimum atomic E-state index is 0.0232. The van der Waals surface area contributed by atoms with Gasteiger partial charge in [0.05, 0.1) is 0 Å². The summed E-state index contributed by atoms with van der Waals surface area (Å²) in [5.74, 6) is 1.25. The number of aromatic nitrogens is 1. The second-order valence-electron chi connectivity index (χ2n) is 5.01. The van der Waals surface area contributed by atoms with Crippen LogP contribution in [0.4, 0.5) is 5.82 Å². The maximum atomic E-state index is 12.0. The Morgan fingerprint density at radius 2 is 2.32 bits per heavy atom. The number of aliphatic hydroxyl groups is 1. The number of piperidine rings is 1. The topological polar surface area (TPSA) is 78.6 Å². The molecule has 1 aliphatic rings. The van der Waals surface area contributed by atoms with Gasteiger partial charge in [-0.25, -0.2) is 0 Å². The molecule has 1 amide bonds. The van der Waals surface area contributed by atoms with Crippen molar-refractivity contribution in [3.63, 3.8) is 0 Å². The third-order valence-corrected chi connectivity index (χ3v) is 3.47. The SMILES string of the molecule is Cc1cc(NC(=O)C2CCN(CCCO)CC2)no1. The van der Waals surface area contributed by atoms with Gasteiger partial charge in [0.1, 0.15) is 5.76 Å². The standard InChI is InChI=1S/C13H21N3O3/c1-10-9-12(15-19-10)14-13(18)11-3-6-16(7-4-11)5-2-8-17/h9,11,17H,2-8H2,1H3,(H,14,15,18). The maximum Gasteiger partial charge on any atom is 0.228 e. The second kappa shape index (κ2) is 6.68. The van der Waals surface area contributed by atoms with Gasteiger partial charge in [0.15, 0.2) is 5.82 Å². The Kier molecular flexibility index (Phi) is 4.93. The van der Waals surface area contributed by atoms with Crippen molar-refractivity contribution < 1.29 is 14.4 Å². The van der Waals surface area contributed by atoms with Crippen molar-refractivity contribution in [2.45, 2.75) is 26.2 Å². The van der Waals surface area contributed by atoms with Crippen molar-refractivity contribution in [2.75, 3.05) is 31.6 Å². The molecule has 19 heavy (non-hydrogen) atoms. The minimum absolute atomic E-state index is 0.0232. The molecule has 0 spiro atoms. The monoisotopic (exact) mass is 267 g/mol. The van der Waals surface area contributed by atoms with E-state index in [1.165, 1.54) is 0 Å². The first-order valence-corrected chi connectivity index (χ1v) is 6.76. The molecule has 6 nitrogen and oxygen atoms in total. The van der Waals surface area contributed by atoms with E-state index in [2.05, 4.69) is 15.4 Å². The summed E-state index contributed by atoms with van der Waals surface area (Å²) >= 11 is 0. The lowest BCUT2D eigenvalue weighted by atomic mass is 9.96. The van der Waals surface area contributed by atoms with E-state index in [0.29, 0.717) is 11.6 Å². The van der Waals surface area contributed by atoms with Crippen LogP contribution in [0.1, 0.15) is 25.0 Å². The minimum Gasteiger partial charge on any atom is -0.396 e. The molecule has 0 bridgehead atoms. The Balaban J connectivity index is 1.76. The summed E-state index contributed by atoms with van der Waals surface area (Å²) in [5.41, 5.74) is 0. The van der Waals surface area contributed by atoms with E-state index in [0.717, 1.165) is 38.9 Å². The van der Waals surface area contributed by atoms with Crippen LogP contribution in [0, 0.1) is 12.8 Å². The number of aliphatic hydroxyl groups excluding tert-OH is 1. The number of nitrogens with zero attached hydrogens (tertiary/aromatic N) is 2. The summed E-state index contributed by atoms with van der Waals surface area (Å²) in [7, 11) is 0. The quantitative estimate of drug-likeness (QED) is 0.832. The highest BCUT2D eigenvalue weighted by atomic mass is 16.5. The van der Waals surface area contributed by atoms with Gasteiger partial charge in [-0.05, 0) is 39.3 Å². The summed E-state index contributed by atoms with van der Waals surface area (Å²) in [5, 5.41) is 15.3. The number of likely N-dealkylation sites (tertiary alicyclic amines) is 1. The Morgan fingerprint density at radius 1 is 1.58 bits per heavy atom. The van der Waals surface area contributed by atoms with E-state index in [1.807, 2.05) is 0 Å². The number of anilines is 1. The Bertz CT molecular complexity index is 411. The Labute approximate surface area is 112 Å². The fourth-order valence-electron chi connectivity index (χ4n) is 2.37. The predicted molar refractivity (Wildman–Crippen MR) is 70.7 cm³/mol. The molecule has 0 aromatic carbocycles. The van der Waals surface area contributed by atoms with Crippen LogP contribution < -0.4 is 5.32 Å². The van der Waals surface area contributed by atoms with Gasteiger partial charge in [-0.1, -0.05) is 5.16 Å². The number of hydrogen-bond donors (Lipinski definition) is 2. The summed E-state index contributed by atoms with van der Waals surface area (Å²) in [6.45, 7) is 4.76. The van der Waals surface area contributed by atoms with Crippen molar-refractivity contribution in [3.8, 4) is 0 Å². The van der Waals surface area contributed by atoms with Gasteiger partial charge < -0.3 is 19.8 Å². The van der Waals surface area contributed by atoms with Crippen LogP contribution >= 0.6 is 0 Å². The molecule has 1 fully saturated rings. The first-order valence-electron chi connectivity index (χ1n) is 6.76. The van der Waals surface area contributed by atoms with Gasteiger partial charge in [-0.3, -0.25) is 4.79 Å². The summed E-state index contributed by atoms with van der Waals surface area (Å²) < 4.78 is 4.92. The van der Waals surface area contributed by atoms with E-state index in [9.17, 15) is 4.79 Å². The van der Waals surface area contributed by atoms with Crippen molar-refractivity contribution in [1.29, 1.82) is 0 Å². The van der Waals surface area contributed by atoms with E-state index < -0.39 is 0 Å². The zero-order valence-electron chi connectivity index (χ0n) is 11.3. The first-order chi connectivity index (χ1) is 9.19. The third kappa shape index (κ3) is 4.04. The van der Waals surface area contributed by atoms with Crippen LogP contribution in [-0.2, 0) is 4.79 Å². The zero-order chi connectivity index (χ0) is 13.7. The second-order valence-corrected chi connectivity index (χ2v) is 5.01. The number of carbonyl (C=O) groups excluding carboxylic acids is 1. The maximum absolute atomic E-state index is 12.0. The zero-order valence-corrected chi connectivity index (χ0v) is 11.3. The summed E-state index contributed by atoms with van der Waals surface area (Å²) in [6.07, 6.45) is 2.51. The highest BCUT2D eigenvalue weighted by Crippen LogP contribution is 2.19. The first kappa shape index (κ1) is 14.0. The molecular formula is C13H21N3O3. The lowest BCUT2D eigenvalue weighted by Gasteiger charge is -2.30. The van der Waals surface area contributed by atoms with Gasteiger partial charge in [-0.15, -0.1) is 0 Å². The largest absolute Gasteiger partial charge is 0.396 e. The highest BCUT2D eigenvalue weighted by Gasteiger charge is 2.25.